The van der Waals surface area contributed by atoms with Crippen LogP contribution in [0.1, 0.15) is 29.4 Å². The zero-order valence-corrected chi connectivity index (χ0v) is 14.1. The number of rotatable bonds is 4. The Morgan fingerprint density at radius 2 is 2.21 bits per heavy atom. The maximum atomic E-state index is 13.2. The molecule has 126 valence electrons. The van der Waals surface area contributed by atoms with Crippen molar-refractivity contribution < 1.29 is 18.2 Å². The maximum absolute atomic E-state index is 13.2. The van der Waals surface area contributed by atoms with Crippen molar-refractivity contribution in [1.82, 2.24) is 8.96 Å². The summed E-state index contributed by atoms with van der Waals surface area (Å²) in [6.45, 7) is 2.48. The summed E-state index contributed by atoms with van der Waals surface area (Å²) in [6.07, 6.45) is 2.49. The molecule has 1 amide bonds. The minimum absolute atomic E-state index is 0.0368. The molecule has 1 aliphatic rings. The standard InChI is InChI=1S/C16H16FN3O3S/c1-3-14(21)19-7-6-10-8-11(4-5-13(10)19)15-18-12(16(22)23-2)9-20(15)24-17/h4-5,8-9H,3,6-7H2,1-2H3. The number of nitrogens with zero attached hydrogens (tertiary/aromatic N) is 3. The predicted molar refractivity (Wildman–Crippen MR) is 89.4 cm³/mol. The zero-order valence-electron chi connectivity index (χ0n) is 13.3. The van der Waals surface area contributed by atoms with Crippen molar-refractivity contribution in [3.63, 3.8) is 0 Å². The summed E-state index contributed by atoms with van der Waals surface area (Å²) >= 11 is -0.0368. The highest BCUT2D eigenvalue weighted by atomic mass is 32.2. The topological polar surface area (TPSA) is 64.4 Å². The summed E-state index contributed by atoms with van der Waals surface area (Å²) in [5.41, 5.74) is 2.61. The first-order valence-electron chi connectivity index (χ1n) is 7.49. The number of benzene rings is 1. The lowest BCUT2D eigenvalue weighted by atomic mass is 10.1. The van der Waals surface area contributed by atoms with Gasteiger partial charge in [-0.2, -0.15) is 0 Å². The van der Waals surface area contributed by atoms with E-state index in [4.69, 9.17) is 0 Å². The molecule has 0 atom stereocenters. The van der Waals surface area contributed by atoms with Gasteiger partial charge in [0.05, 0.1) is 13.3 Å². The van der Waals surface area contributed by atoms with Crippen LogP contribution in [0.15, 0.2) is 24.4 Å². The molecule has 0 bridgehead atoms. The van der Waals surface area contributed by atoms with E-state index >= 15 is 0 Å². The molecule has 1 aromatic carbocycles. The van der Waals surface area contributed by atoms with E-state index in [1.165, 1.54) is 17.3 Å². The van der Waals surface area contributed by atoms with Crippen LogP contribution in [0, 0.1) is 0 Å². The minimum Gasteiger partial charge on any atom is -0.464 e. The van der Waals surface area contributed by atoms with Gasteiger partial charge < -0.3 is 9.64 Å². The van der Waals surface area contributed by atoms with Crippen molar-refractivity contribution in [2.24, 2.45) is 0 Å². The van der Waals surface area contributed by atoms with Crippen LogP contribution in [-0.4, -0.2) is 34.5 Å². The van der Waals surface area contributed by atoms with Gasteiger partial charge in [0.15, 0.2) is 23.9 Å². The Bertz CT molecular complexity index is 806. The first-order chi connectivity index (χ1) is 11.6. The normalized spacial score (nSPS) is 13.0. The quantitative estimate of drug-likeness (QED) is 0.794. The number of aromatic nitrogens is 2. The van der Waals surface area contributed by atoms with Crippen LogP contribution in [0.5, 0.6) is 0 Å². The molecule has 0 spiro atoms. The molecule has 1 aliphatic heterocycles. The summed E-state index contributed by atoms with van der Waals surface area (Å²) < 4.78 is 19.0. The Morgan fingerprint density at radius 1 is 1.42 bits per heavy atom. The summed E-state index contributed by atoms with van der Waals surface area (Å²) in [5.74, 6) is -0.216. The van der Waals surface area contributed by atoms with E-state index in [1.807, 2.05) is 19.1 Å². The van der Waals surface area contributed by atoms with E-state index in [0.717, 1.165) is 17.7 Å². The van der Waals surface area contributed by atoms with Crippen LogP contribution in [0.25, 0.3) is 11.4 Å². The third kappa shape index (κ3) is 2.77. The van der Waals surface area contributed by atoms with Gasteiger partial charge >= 0.3 is 5.97 Å². The fraction of sp³-hybridized carbons (Fsp3) is 0.312. The molecule has 2 heterocycles. The Hall–Kier alpha value is -2.35. The van der Waals surface area contributed by atoms with Gasteiger partial charge in [-0.05, 0) is 30.2 Å². The Kier molecular flexibility index (Phi) is 4.57. The SMILES string of the molecule is CCC(=O)N1CCc2cc(-c3nc(C(=O)OC)cn3SF)ccc21. The summed E-state index contributed by atoms with van der Waals surface area (Å²) in [6, 6.07) is 5.50. The average molecular weight is 349 g/mol. The molecule has 0 N–H and O–H groups in total. The molecule has 0 unspecified atom stereocenters. The number of carbonyl (C=O) groups is 2. The van der Waals surface area contributed by atoms with Gasteiger partial charge in [0.1, 0.15) is 0 Å². The van der Waals surface area contributed by atoms with Crippen LogP contribution in [-0.2, 0) is 16.0 Å². The fourth-order valence-electron chi connectivity index (χ4n) is 2.80. The summed E-state index contributed by atoms with van der Waals surface area (Å²) in [7, 11) is 1.25. The first kappa shape index (κ1) is 16.5. The van der Waals surface area contributed by atoms with Gasteiger partial charge in [0.2, 0.25) is 5.91 Å². The molecule has 1 aromatic heterocycles. The van der Waals surface area contributed by atoms with Crippen LogP contribution < -0.4 is 4.90 Å². The van der Waals surface area contributed by atoms with Crippen molar-refractivity contribution in [2.75, 3.05) is 18.6 Å². The Balaban J connectivity index is 1.99. The first-order valence-corrected chi connectivity index (χ1v) is 8.16. The smallest absolute Gasteiger partial charge is 0.358 e. The minimum atomic E-state index is -0.620. The van der Waals surface area contributed by atoms with Gasteiger partial charge in [0.25, 0.3) is 0 Å². The number of methoxy groups -OCH3 is 1. The molecule has 6 nitrogen and oxygen atoms in total. The molecule has 8 heteroatoms. The Morgan fingerprint density at radius 3 is 2.88 bits per heavy atom. The lowest BCUT2D eigenvalue weighted by molar-refractivity contribution is -0.118. The summed E-state index contributed by atoms with van der Waals surface area (Å²) in [5, 5.41) is 0. The van der Waals surface area contributed by atoms with Crippen LogP contribution in [0.2, 0.25) is 0 Å². The second-order valence-corrected chi connectivity index (χ2v) is 5.86. The average Bonchev–Trinajstić information content (AvgIpc) is 3.23. The Labute approximate surface area is 143 Å². The van der Waals surface area contributed by atoms with Gasteiger partial charge in [-0.1, -0.05) is 6.92 Å². The molecule has 0 saturated heterocycles. The van der Waals surface area contributed by atoms with Gasteiger partial charge in [-0.15, -0.1) is 3.89 Å². The number of esters is 1. The van der Waals surface area contributed by atoms with E-state index < -0.39 is 5.97 Å². The maximum Gasteiger partial charge on any atom is 0.358 e. The van der Waals surface area contributed by atoms with Gasteiger partial charge in [0, 0.05) is 24.2 Å². The third-order valence-corrected chi connectivity index (χ3v) is 4.41. The number of ether oxygens (including phenoxy) is 1. The number of halogens is 1. The highest BCUT2D eigenvalue weighted by molar-refractivity contribution is 7.92. The van der Waals surface area contributed by atoms with Gasteiger partial charge in [-0.3, -0.25) is 4.79 Å². The van der Waals surface area contributed by atoms with E-state index in [-0.39, 0.29) is 23.9 Å². The lowest BCUT2D eigenvalue weighted by Crippen LogP contribution is -2.27. The van der Waals surface area contributed by atoms with Crippen molar-refractivity contribution in [3.8, 4) is 11.4 Å². The number of amides is 1. The largest absolute Gasteiger partial charge is 0.464 e. The van der Waals surface area contributed by atoms with Crippen LogP contribution in [0.4, 0.5) is 9.57 Å². The molecule has 24 heavy (non-hydrogen) atoms. The van der Waals surface area contributed by atoms with E-state index in [0.29, 0.717) is 24.4 Å². The number of hydrogen-bond acceptors (Lipinski definition) is 5. The summed E-state index contributed by atoms with van der Waals surface area (Å²) in [4.78, 5) is 29.5. The molecular weight excluding hydrogens is 333 g/mol. The third-order valence-electron chi connectivity index (χ3n) is 3.98. The van der Waals surface area contributed by atoms with Crippen molar-refractivity contribution >= 4 is 29.9 Å². The monoisotopic (exact) mass is 349 g/mol. The van der Waals surface area contributed by atoms with E-state index in [1.54, 1.807) is 11.0 Å². The van der Waals surface area contributed by atoms with E-state index in [2.05, 4.69) is 9.72 Å². The predicted octanol–water partition coefficient (Wildman–Crippen LogP) is 3.02. The van der Waals surface area contributed by atoms with Crippen LogP contribution in [0.3, 0.4) is 0 Å². The lowest BCUT2D eigenvalue weighted by Gasteiger charge is -2.16. The number of imidazole rings is 1. The second kappa shape index (κ2) is 6.64. The van der Waals surface area contributed by atoms with Crippen molar-refractivity contribution in [3.05, 3.63) is 35.7 Å². The number of hydrogen-bond donors (Lipinski definition) is 0. The van der Waals surface area contributed by atoms with E-state index in [9.17, 15) is 13.5 Å². The molecule has 0 radical (unpaired) electrons. The molecule has 0 aliphatic carbocycles. The molecular formula is C16H16FN3O3S. The van der Waals surface area contributed by atoms with Crippen molar-refractivity contribution in [2.45, 2.75) is 19.8 Å². The molecule has 2 aromatic rings. The fourth-order valence-corrected chi connectivity index (χ4v) is 3.15. The number of anilines is 1. The number of carbonyl (C=O) groups excluding carboxylic acids is 2. The van der Waals surface area contributed by atoms with Gasteiger partial charge in [-0.25, -0.2) is 13.8 Å². The zero-order chi connectivity index (χ0) is 17.3. The molecule has 0 saturated carbocycles. The van der Waals surface area contributed by atoms with Crippen LogP contribution >= 0.6 is 12.3 Å². The molecule has 3 rings (SSSR count). The van der Waals surface area contributed by atoms with Crippen molar-refractivity contribution in [1.29, 1.82) is 0 Å². The second-order valence-electron chi connectivity index (χ2n) is 5.33. The highest BCUT2D eigenvalue weighted by Crippen LogP contribution is 2.33. The highest BCUT2D eigenvalue weighted by Gasteiger charge is 2.25. The number of fused-ring (bicyclic) bond motifs is 1. The molecule has 0 fully saturated rings.